The van der Waals surface area contributed by atoms with Crippen molar-refractivity contribution in [2.75, 3.05) is 26.9 Å². The number of carbonyl (C=O) groups excluding carboxylic acids is 2. The molecule has 2 saturated heterocycles. The van der Waals surface area contributed by atoms with Gasteiger partial charge in [0.05, 0.1) is 20.3 Å². The maximum absolute atomic E-state index is 12.0. The van der Waals surface area contributed by atoms with Crippen molar-refractivity contribution in [2.24, 2.45) is 0 Å². The molecule has 2 aliphatic heterocycles. The van der Waals surface area contributed by atoms with E-state index in [1.165, 1.54) is 14.0 Å². The van der Waals surface area contributed by atoms with Crippen LogP contribution in [0.3, 0.4) is 0 Å². The van der Waals surface area contributed by atoms with Crippen LogP contribution in [-0.2, 0) is 47.9 Å². The molecule has 1 amide bonds. The maximum Gasteiger partial charge on any atom is 0.397 e. The molecule has 17 nitrogen and oxygen atoms in total. The first-order valence-electron chi connectivity index (χ1n) is 13.7. The summed E-state index contributed by atoms with van der Waals surface area (Å²) >= 11 is 0. The van der Waals surface area contributed by atoms with E-state index in [4.69, 9.17) is 23.5 Å². The number of methoxy groups -OCH3 is 1. The Labute approximate surface area is 243 Å². The van der Waals surface area contributed by atoms with Crippen LogP contribution in [0.5, 0.6) is 0 Å². The lowest BCUT2D eigenvalue weighted by Gasteiger charge is -2.47. The molecule has 0 radical (unpaired) electrons. The molecule has 2 aliphatic rings. The van der Waals surface area contributed by atoms with E-state index >= 15 is 0 Å². The minimum atomic E-state index is -5.17. The molecule has 0 spiro atoms. The van der Waals surface area contributed by atoms with Crippen LogP contribution in [0.25, 0.3) is 0 Å². The van der Waals surface area contributed by atoms with E-state index in [1.807, 2.05) is 0 Å². The Balaban J connectivity index is 2.08. The zero-order valence-electron chi connectivity index (χ0n) is 23.5. The number of hydrogen-bond acceptors (Lipinski definition) is 15. The first-order valence-corrected chi connectivity index (χ1v) is 15.0. The molecule has 0 saturated carbocycles. The topological polar surface area (TPSA) is 257 Å². The lowest BCUT2D eigenvalue weighted by atomic mass is 9.95. The summed E-state index contributed by atoms with van der Waals surface area (Å²) in [5.74, 6) is -0.825. The van der Waals surface area contributed by atoms with E-state index < -0.39 is 90.9 Å². The molecule has 0 bridgehead atoms. The van der Waals surface area contributed by atoms with E-state index in [-0.39, 0.29) is 12.6 Å². The smallest absolute Gasteiger partial charge is 0.397 e. The molecule has 246 valence electrons. The number of carbonyl (C=O) groups is 2. The SMILES string of the molecule is COC(=O)CCCCCCCCO[C@@H]1O[C@H](CO)[C@@H](O)[C@H](O[C@@H]2O[C@H](CO)[C@H](O)[C@H](OS(=O)(=O)O)[C@H]2O)[C@H]1NC(C)=O. The Morgan fingerprint density at radius 3 is 1.93 bits per heavy atom. The van der Waals surface area contributed by atoms with Crippen molar-refractivity contribution in [2.45, 2.75) is 113 Å². The van der Waals surface area contributed by atoms with Crippen LogP contribution in [0.4, 0.5) is 0 Å². The number of esters is 1. The molecule has 2 heterocycles. The van der Waals surface area contributed by atoms with Gasteiger partial charge in [-0.15, -0.1) is 0 Å². The van der Waals surface area contributed by atoms with E-state index in [9.17, 15) is 43.5 Å². The van der Waals surface area contributed by atoms with Crippen LogP contribution in [0.2, 0.25) is 0 Å². The average molecular weight is 634 g/mol. The summed E-state index contributed by atoms with van der Waals surface area (Å²) in [6.07, 6.45) is -9.95. The van der Waals surface area contributed by atoms with Crippen molar-refractivity contribution in [3.63, 3.8) is 0 Å². The number of unbranched alkanes of at least 4 members (excludes halogenated alkanes) is 5. The summed E-state index contributed by atoms with van der Waals surface area (Å²) < 4.78 is 63.2. The monoisotopic (exact) mass is 633 g/mol. The number of rotatable bonds is 17. The predicted octanol–water partition coefficient (Wildman–Crippen LogP) is -2.50. The Morgan fingerprint density at radius 1 is 0.833 bits per heavy atom. The molecule has 42 heavy (non-hydrogen) atoms. The highest BCUT2D eigenvalue weighted by atomic mass is 32.3. The fourth-order valence-electron chi connectivity index (χ4n) is 4.71. The quantitative estimate of drug-likeness (QED) is 0.0496. The molecule has 2 fully saturated rings. The number of aliphatic hydroxyl groups excluding tert-OH is 5. The normalized spacial score (nSPS) is 33.7. The second kappa shape index (κ2) is 17.7. The van der Waals surface area contributed by atoms with Gasteiger partial charge in [0.15, 0.2) is 12.6 Å². The second-order valence-corrected chi connectivity index (χ2v) is 11.1. The summed E-state index contributed by atoms with van der Waals surface area (Å²) in [7, 11) is -3.83. The van der Waals surface area contributed by atoms with Gasteiger partial charge < -0.3 is 54.5 Å². The van der Waals surface area contributed by atoms with Crippen molar-refractivity contribution in [3.8, 4) is 0 Å². The number of hydrogen-bond donors (Lipinski definition) is 7. The molecule has 2 rings (SSSR count). The van der Waals surface area contributed by atoms with Crippen LogP contribution in [-0.4, -0.2) is 139 Å². The first-order chi connectivity index (χ1) is 19.8. The summed E-state index contributed by atoms with van der Waals surface area (Å²) in [6.45, 7) is -0.227. The summed E-state index contributed by atoms with van der Waals surface area (Å²) in [5.41, 5.74) is 0. The molecule has 0 unspecified atom stereocenters. The first kappa shape index (κ1) is 36.6. The molecule has 0 aromatic heterocycles. The summed E-state index contributed by atoms with van der Waals surface area (Å²) in [6, 6.07) is -1.23. The minimum absolute atomic E-state index is 0.162. The second-order valence-electron chi connectivity index (χ2n) is 10.1. The van der Waals surface area contributed by atoms with Crippen LogP contribution >= 0.6 is 0 Å². The minimum Gasteiger partial charge on any atom is -0.469 e. The number of aliphatic hydroxyl groups is 5. The lowest BCUT2D eigenvalue weighted by Crippen LogP contribution is -2.68. The van der Waals surface area contributed by atoms with Gasteiger partial charge in [0.25, 0.3) is 0 Å². The predicted molar refractivity (Wildman–Crippen MR) is 139 cm³/mol. The van der Waals surface area contributed by atoms with Gasteiger partial charge in [0.1, 0.15) is 48.8 Å². The Hall–Kier alpha value is -1.55. The Kier molecular flexibility index (Phi) is 15.4. The largest absolute Gasteiger partial charge is 0.469 e. The highest BCUT2D eigenvalue weighted by Gasteiger charge is 2.53. The van der Waals surface area contributed by atoms with Gasteiger partial charge in [0.2, 0.25) is 5.91 Å². The fourth-order valence-corrected chi connectivity index (χ4v) is 5.22. The van der Waals surface area contributed by atoms with Gasteiger partial charge in [-0.05, 0) is 12.8 Å². The van der Waals surface area contributed by atoms with E-state index in [0.717, 1.165) is 32.1 Å². The highest BCUT2D eigenvalue weighted by Crippen LogP contribution is 2.31. The Morgan fingerprint density at radius 2 is 1.38 bits per heavy atom. The third-order valence-electron chi connectivity index (χ3n) is 6.85. The standard InChI is InChI=1S/C24H43NO16S/c1-13(28)25-17-21(40-24-20(32)22(41-42(33,34)35)19(31)15(12-27)39-24)18(30)14(11-26)38-23(17)37-10-8-6-4-3-5-7-9-16(29)36-2/h14-15,17-24,26-27,30-32H,3-12H2,1-2H3,(H,25,28)(H,33,34,35)/t14-,15-,17-,18-,19+,20-,21-,22+,23-,24+/m1/s1. The molecule has 18 heteroatoms. The fraction of sp³-hybridized carbons (Fsp3) is 0.917. The summed E-state index contributed by atoms with van der Waals surface area (Å²) in [5, 5.41) is 53.7. The van der Waals surface area contributed by atoms with Gasteiger partial charge in [0, 0.05) is 20.0 Å². The molecular weight excluding hydrogens is 590 g/mol. The summed E-state index contributed by atoms with van der Waals surface area (Å²) in [4.78, 5) is 23.2. The van der Waals surface area contributed by atoms with Gasteiger partial charge in [-0.25, -0.2) is 4.18 Å². The van der Waals surface area contributed by atoms with Gasteiger partial charge in [-0.1, -0.05) is 25.7 Å². The maximum atomic E-state index is 12.0. The third-order valence-corrected chi connectivity index (χ3v) is 7.32. The van der Waals surface area contributed by atoms with Crippen molar-refractivity contribution in [1.29, 1.82) is 0 Å². The van der Waals surface area contributed by atoms with Crippen molar-refractivity contribution < 1.29 is 76.0 Å². The molecule has 0 aromatic rings. The third kappa shape index (κ3) is 11.2. The molecule has 0 aliphatic carbocycles. The molecule has 10 atom stereocenters. The van der Waals surface area contributed by atoms with Crippen LogP contribution in [0.1, 0.15) is 51.9 Å². The van der Waals surface area contributed by atoms with Crippen molar-refractivity contribution >= 4 is 22.3 Å². The molecule has 7 N–H and O–H groups in total. The number of amides is 1. The lowest BCUT2D eigenvalue weighted by molar-refractivity contribution is -0.342. The van der Waals surface area contributed by atoms with E-state index in [2.05, 4.69) is 14.2 Å². The zero-order chi connectivity index (χ0) is 31.4. The van der Waals surface area contributed by atoms with E-state index in [0.29, 0.717) is 12.8 Å². The van der Waals surface area contributed by atoms with Crippen LogP contribution < -0.4 is 5.32 Å². The highest BCUT2D eigenvalue weighted by molar-refractivity contribution is 7.80. The van der Waals surface area contributed by atoms with Crippen molar-refractivity contribution in [1.82, 2.24) is 5.32 Å². The Bertz CT molecular complexity index is 937. The van der Waals surface area contributed by atoms with Crippen LogP contribution in [0, 0.1) is 0 Å². The number of nitrogens with one attached hydrogen (secondary N) is 1. The molecular formula is C24H43NO16S. The zero-order valence-corrected chi connectivity index (χ0v) is 24.3. The van der Waals surface area contributed by atoms with Gasteiger partial charge in [-0.3, -0.25) is 14.1 Å². The number of ether oxygens (including phenoxy) is 5. The van der Waals surface area contributed by atoms with E-state index in [1.54, 1.807) is 0 Å². The van der Waals surface area contributed by atoms with Crippen molar-refractivity contribution in [3.05, 3.63) is 0 Å². The molecule has 0 aromatic carbocycles. The average Bonchev–Trinajstić information content (AvgIpc) is 2.93. The van der Waals surface area contributed by atoms with Crippen LogP contribution in [0.15, 0.2) is 0 Å². The van der Waals surface area contributed by atoms with Gasteiger partial charge >= 0.3 is 16.4 Å². The van der Waals surface area contributed by atoms with Gasteiger partial charge in [-0.2, -0.15) is 8.42 Å².